The van der Waals surface area contributed by atoms with Crippen molar-refractivity contribution in [2.24, 2.45) is 11.8 Å². The molecule has 3 heterocycles. The van der Waals surface area contributed by atoms with E-state index in [-0.39, 0.29) is 42.8 Å². The molecule has 3 saturated heterocycles. The summed E-state index contributed by atoms with van der Waals surface area (Å²) in [6.07, 6.45) is 1.47. The Morgan fingerprint density at radius 2 is 2.03 bits per heavy atom. The Balaban J connectivity index is 1.71. The molecule has 2 N–H and O–H groups in total. The molecule has 1 aromatic rings. The van der Waals surface area contributed by atoms with E-state index < -0.39 is 22.6 Å². The standard InChI is InChI=1S/C22H28N2O5S/c1-4-29-21(28)15-14-8-9-22(30-14)16(15)20(27)24(10-11-25)18(22)19(26)23-17-12(2)6-5-7-13(17)3/h5-7,14-16,18,25H,4,8-11H2,1-3H3,(H,23,26)/t14-,15+,16-,18?,22?/m0/s1. The molecule has 1 spiro atoms. The lowest BCUT2D eigenvalue weighted by Gasteiger charge is -2.34. The van der Waals surface area contributed by atoms with Crippen LogP contribution >= 0.6 is 11.8 Å². The van der Waals surface area contributed by atoms with Crippen LogP contribution in [-0.4, -0.2) is 63.6 Å². The Labute approximate surface area is 180 Å². The average Bonchev–Trinajstić information content (AvgIpc) is 3.33. The Morgan fingerprint density at radius 1 is 1.33 bits per heavy atom. The van der Waals surface area contributed by atoms with Gasteiger partial charge in [0.25, 0.3) is 0 Å². The van der Waals surface area contributed by atoms with E-state index >= 15 is 0 Å². The number of fused-ring (bicyclic) bond motifs is 1. The van der Waals surface area contributed by atoms with E-state index in [0.29, 0.717) is 6.42 Å². The third-order valence-corrected chi connectivity index (χ3v) is 8.63. The molecule has 0 radical (unpaired) electrons. The summed E-state index contributed by atoms with van der Waals surface area (Å²) >= 11 is 1.59. The molecule has 1 aromatic carbocycles. The van der Waals surface area contributed by atoms with Crippen LogP contribution in [0.25, 0.3) is 0 Å². The quantitative estimate of drug-likeness (QED) is 0.667. The zero-order valence-corrected chi connectivity index (χ0v) is 18.3. The van der Waals surface area contributed by atoms with E-state index in [9.17, 15) is 19.5 Å². The summed E-state index contributed by atoms with van der Waals surface area (Å²) in [5.41, 5.74) is 2.64. The average molecular weight is 433 g/mol. The second kappa shape index (κ2) is 7.89. The van der Waals surface area contributed by atoms with E-state index in [0.717, 1.165) is 23.2 Å². The number of thioether (sulfide) groups is 1. The monoisotopic (exact) mass is 432 g/mol. The molecule has 7 nitrogen and oxygen atoms in total. The number of para-hydroxylation sites is 1. The summed E-state index contributed by atoms with van der Waals surface area (Å²) in [5.74, 6) is -1.95. The van der Waals surface area contributed by atoms with Gasteiger partial charge in [0.15, 0.2) is 0 Å². The van der Waals surface area contributed by atoms with Gasteiger partial charge in [0.2, 0.25) is 11.8 Å². The summed E-state index contributed by atoms with van der Waals surface area (Å²) in [7, 11) is 0. The Morgan fingerprint density at radius 3 is 2.67 bits per heavy atom. The van der Waals surface area contributed by atoms with Gasteiger partial charge in [-0.25, -0.2) is 0 Å². The molecule has 3 aliphatic heterocycles. The van der Waals surface area contributed by atoms with Crippen molar-refractivity contribution in [1.29, 1.82) is 0 Å². The van der Waals surface area contributed by atoms with Crippen molar-refractivity contribution in [3.8, 4) is 0 Å². The first-order valence-corrected chi connectivity index (χ1v) is 11.4. The van der Waals surface area contributed by atoms with Crippen LogP contribution in [0, 0.1) is 25.7 Å². The van der Waals surface area contributed by atoms with Crippen LogP contribution in [0.15, 0.2) is 18.2 Å². The minimum absolute atomic E-state index is 0.00947. The van der Waals surface area contributed by atoms with Gasteiger partial charge in [-0.3, -0.25) is 14.4 Å². The molecule has 30 heavy (non-hydrogen) atoms. The van der Waals surface area contributed by atoms with Crippen LogP contribution < -0.4 is 5.32 Å². The summed E-state index contributed by atoms with van der Waals surface area (Å²) in [4.78, 5) is 41.1. The van der Waals surface area contributed by atoms with Gasteiger partial charge in [0.1, 0.15) is 6.04 Å². The van der Waals surface area contributed by atoms with Crippen LogP contribution in [0.1, 0.15) is 30.9 Å². The molecule has 2 bridgehead atoms. The second-order valence-corrected chi connectivity index (χ2v) is 9.92. The third kappa shape index (κ3) is 3.03. The maximum atomic E-state index is 13.6. The highest BCUT2D eigenvalue weighted by Gasteiger charge is 2.73. The number of carbonyl (C=O) groups excluding carboxylic acids is 3. The number of esters is 1. The van der Waals surface area contributed by atoms with Crippen LogP contribution in [0.3, 0.4) is 0 Å². The fourth-order valence-electron chi connectivity index (χ4n) is 5.51. The second-order valence-electron chi connectivity index (χ2n) is 8.32. The Bertz CT molecular complexity index is 870. The SMILES string of the molecule is CCOC(=O)[C@@H]1[C@@H]2CCC3(S2)C(C(=O)Nc2c(C)cccc2C)N(CCO)C(=O)[C@H]13. The zero-order chi connectivity index (χ0) is 21.6. The Kier molecular flexibility index (Phi) is 5.57. The molecule has 8 heteroatoms. The number of nitrogens with zero attached hydrogens (tertiary/aromatic N) is 1. The topological polar surface area (TPSA) is 95.9 Å². The van der Waals surface area contributed by atoms with E-state index in [4.69, 9.17) is 4.74 Å². The van der Waals surface area contributed by atoms with Crippen LogP contribution in [0.2, 0.25) is 0 Å². The summed E-state index contributed by atoms with van der Waals surface area (Å²) in [6, 6.07) is 5.07. The molecule has 3 fully saturated rings. The first-order chi connectivity index (χ1) is 14.4. The predicted octanol–water partition coefficient (Wildman–Crippen LogP) is 1.89. The van der Waals surface area contributed by atoms with Crippen molar-refractivity contribution < 1.29 is 24.2 Å². The number of aliphatic hydroxyl groups excluding tert-OH is 1. The van der Waals surface area contributed by atoms with Gasteiger partial charge in [-0.05, 0) is 44.7 Å². The highest BCUT2D eigenvalue weighted by Crippen LogP contribution is 2.66. The molecular formula is C22H28N2O5S. The van der Waals surface area contributed by atoms with Gasteiger partial charge in [0.05, 0.1) is 29.8 Å². The van der Waals surface area contributed by atoms with Crippen molar-refractivity contribution in [2.45, 2.75) is 49.7 Å². The number of likely N-dealkylation sites (tertiary alicyclic amines) is 1. The van der Waals surface area contributed by atoms with Gasteiger partial charge in [0, 0.05) is 17.5 Å². The molecule has 0 aliphatic carbocycles. The van der Waals surface area contributed by atoms with Crippen molar-refractivity contribution in [1.82, 2.24) is 4.90 Å². The van der Waals surface area contributed by atoms with Crippen molar-refractivity contribution in [3.63, 3.8) is 0 Å². The largest absolute Gasteiger partial charge is 0.466 e. The molecule has 4 rings (SSSR count). The number of amides is 2. The minimum atomic E-state index is -0.726. The van der Waals surface area contributed by atoms with Crippen molar-refractivity contribution in [2.75, 3.05) is 25.1 Å². The first kappa shape index (κ1) is 21.2. The van der Waals surface area contributed by atoms with E-state index in [2.05, 4.69) is 5.32 Å². The van der Waals surface area contributed by atoms with Gasteiger partial charge in [-0.2, -0.15) is 0 Å². The third-order valence-electron chi connectivity index (χ3n) is 6.68. The van der Waals surface area contributed by atoms with Gasteiger partial charge in [-0.1, -0.05) is 18.2 Å². The molecule has 5 atom stereocenters. The molecule has 0 aromatic heterocycles. The van der Waals surface area contributed by atoms with E-state index in [1.165, 1.54) is 4.90 Å². The zero-order valence-electron chi connectivity index (χ0n) is 17.5. The number of β-amino-alcohol motifs (C(OH)–C–C–N with tert-alkyl or cyclic N) is 1. The maximum Gasteiger partial charge on any atom is 0.310 e. The molecule has 162 valence electrons. The van der Waals surface area contributed by atoms with Crippen molar-refractivity contribution in [3.05, 3.63) is 29.3 Å². The number of benzene rings is 1. The summed E-state index contributed by atoms with van der Waals surface area (Å²) in [5, 5.41) is 12.6. The lowest BCUT2D eigenvalue weighted by atomic mass is 9.71. The van der Waals surface area contributed by atoms with Crippen LogP contribution in [-0.2, 0) is 19.1 Å². The van der Waals surface area contributed by atoms with Gasteiger partial charge in [-0.15, -0.1) is 11.8 Å². The van der Waals surface area contributed by atoms with Crippen molar-refractivity contribution >= 4 is 35.2 Å². The number of rotatable bonds is 6. The number of hydrogen-bond donors (Lipinski definition) is 2. The first-order valence-electron chi connectivity index (χ1n) is 10.5. The van der Waals surface area contributed by atoms with E-state index in [1.807, 2.05) is 32.0 Å². The van der Waals surface area contributed by atoms with Gasteiger partial charge >= 0.3 is 5.97 Å². The highest BCUT2D eigenvalue weighted by molar-refractivity contribution is 8.02. The fraction of sp³-hybridized carbons (Fsp3) is 0.591. The fourth-order valence-corrected chi connectivity index (χ4v) is 7.72. The maximum absolute atomic E-state index is 13.6. The predicted molar refractivity (Wildman–Crippen MR) is 114 cm³/mol. The molecule has 0 saturated carbocycles. The van der Waals surface area contributed by atoms with Crippen LogP contribution in [0.4, 0.5) is 5.69 Å². The number of hydrogen-bond acceptors (Lipinski definition) is 6. The van der Waals surface area contributed by atoms with Crippen LogP contribution in [0.5, 0.6) is 0 Å². The molecule has 2 unspecified atom stereocenters. The lowest BCUT2D eigenvalue weighted by molar-refractivity contribution is -0.153. The minimum Gasteiger partial charge on any atom is -0.466 e. The van der Waals surface area contributed by atoms with E-state index in [1.54, 1.807) is 18.7 Å². The number of carbonyl (C=O) groups is 3. The number of aliphatic hydroxyl groups is 1. The number of ether oxygens (including phenoxy) is 1. The highest BCUT2D eigenvalue weighted by atomic mass is 32.2. The lowest BCUT2D eigenvalue weighted by Crippen LogP contribution is -2.52. The number of aryl methyl sites for hydroxylation is 2. The molecule has 3 aliphatic rings. The normalized spacial score (nSPS) is 31.7. The smallest absolute Gasteiger partial charge is 0.310 e. The van der Waals surface area contributed by atoms with Gasteiger partial charge < -0.3 is 20.1 Å². The number of anilines is 1. The Hall–Kier alpha value is -2.06. The summed E-state index contributed by atoms with van der Waals surface area (Å²) < 4.78 is 4.62. The summed E-state index contributed by atoms with van der Waals surface area (Å²) in [6.45, 7) is 5.72. The molecular weight excluding hydrogens is 404 g/mol. The number of nitrogens with one attached hydrogen (secondary N) is 1. The molecule has 2 amide bonds.